The van der Waals surface area contributed by atoms with Gasteiger partial charge in [-0.2, -0.15) is 22.0 Å². The van der Waals surface area contributed by atoms with E-state index in [1.165, 1.54) is 14.7 Å². The molecule has 0 saturated heterocycles. The Morgan fingerprint density at radius 2 is 1.14 bits per heavy atom. The standard InChI is InChI=1S/C18H15S.C6H5F5O5S/c1-4-10-16(11-5-1)19(17-12-6-2-7-13-17)18-14-8-3-9-15-18;1-2-3(12)16-4(5(7,8)9)6(10,11)17(13,14)15/h1-15H;2,4H,1H2,(H,13,14,15)/q+1;/p-1. The van der Waals surface area contributed by atoms with Crippen LogP contribution in [0.15, 0.2) is 118 Å². The molecular formula is C24H19F5O5S2. The Bertz CT molecular complexity index is 1140. The zero-order valence-corrected chi connectivity index (χ0v) is 19.9. The maximum absolute atomic E-state index is 12.7. The van der Waals surface area contributed by atoms with Gasteiger partial charge in [0.2, 0.25) is 0 Å². The number of halogens is 5. The van der Waals surface area contributed by atoms with Crippen LogP contribution in [-0.4, -0.2) is 36.5 Å². The van der Waals surface area contributed by atoms with Crippen LogP contribution < -0.4 is 0 Å². The van der Waals surface area contributed by atoms with Gasteiger partial charge >= 0.3 is 17.4 Å². The summed E-state index contributed by atoms with van der Waals surface area (Å²) >= 11 is 0. The van der Waals surface area contributed by atoms with Crippen molar-refractivity contribution in [1.29, 1.82) is 0 Å². The zero-order valence-electron chi connectivity index (χ0n) is 18.3. The summed E-state index contributed by atoms with van der Waals surface area (Å²) in [6.45, 7) is 2.63. The Kier molecular flexibility index (Phi) is 9.79. The molecule has 0 amide bonds. The number of hydrogen-bond donors (Lipinski definition) is 0. The van der Waals surface area contributed by atoms with Crippen molar-refractivity contribution in [3.8, 4) is 0 Å². The fourth-order valence-electron chi connectivity index (χ4n) is 2.70. The van der Waals surface area contributed by atoms with Crippen molar-refractivity contribution in [3.05, 3.63) is 104 Å². The molecule has 0 spiro atoms. The first-order valence-corrected chi connectivity index (χ1v) is 12.5. The van der Waals surface area contributed by atoms with Gasteiger partial charge in [0, 0.05) is 6.08 Å². The lowest BCUT2D eigenvalue weighted by Crippen LogP contribution is -2.52. The van der Waals surface area contributed by atoms with Crippen LogP contribution in [0, 0.1) is 0 Å². The number of carbonyl (C=O) groups is 1. The number of esters is 1. The van der Waals surface area contributed by atoms with Gasteiger partial charge in [0.25, 0.3) is 6.10 Å². The molecule has 3 rings (SSSR count). The number of alkyl halides is 5. The summed E-state index contributed by atoms with van der Waals surface area (Å²) in [5.41, 5.74) is 0. The quantitative estimate of drug-likeness (QED) is 0.127. The molecule has 12 heteroatoms. The van der Waals surface area contributed by atoms with Gasteiger partial charge in [-0.15, -0.1) is 0 Å². The van der Waals surface area contributed by atoms with Crippen molar-refractivity contribution in [2.75, 3.05) is 0 Å². The Balaban J connectivity index is 0.000000256. The normalized spacial score (nSPS) is 12.8. The third kappa shape index (κ3) is 7.64. The Morgan fingerprint density at radius 3 is 1.39 bits per heavy atom. The van der Waals surface area contributed by atoms with Crippen LogP contribution in [0.2, 0.25) is 0 Å². The molecule has 0 aromatic heterocycles. The third-order valence-electron chi connectivity index (χ3n) is 4.27. The van der Waals surface area contributed by atoms with E-state index in [-0.39, 0.29) is 17.0 Å². The second-order valence-corrected chi connectivity index (χ2v) is 10.3. The molecule has 0 bridgehead atoms. The summed E-state index contributed by atoms with van der Waals surface area (Å²) < 4.78 is 94.6. The summed E-state index contributed by atoms with van der Waals surface area (Å²) in [6, 6.07) is 32.2. The molecule has 0 aliphatic carbocycles. The Labute approximate surface area is 207 Å². The minimum Gasteiger partial charge on any atom is -0.743 e. The van der Waals surface area contributed by atoms with Crippen LogP contribution in [0.5, 0.6) is 0 Å². The molecule has 0 aliphatic rings. The van der Waals surface area contributed by atoms with Gasteiger partial charge in [-0.1, -0.05) is 61.2 Å². The molecule has 0 radical (unpaired) electrons. The molecule has 36 heavy (non-hydrogen) atoms. The molecular weight excluding hydrogens is 527 g/mol. The molecule has 3 aromatic rings. The van der Waals surface area contributed by atoms with E-state index in [0.717, 1.165) is 0 Å². The minimum absolute atomic E-state index is 0.0146. The van der Waals surface area contributed by atoms with Gasteiger partial charge in [0.1, 0.15) is 0 Å². The van der Waals surface area contributed by atoms with E-state index >= 15 is 0 Å². The van der Waals surface area contributed by atoms with Crippen molar-refractivity contribution in [1.82, 2.24) is 0 Å². The molecule has 0 saturated carbocycles. The van der Waals surface area contributed by atoms with Gasteiger partial charge in [-0.05, 0) is 36.4 Å². The van der Waals surface area contributed by atoms with E-state index < -0.39 is 33.6 Å². The predicted octanol–water partition coefficient (Wildman–Crippen LogP) is 5.57. The number of ether oxygens (including phenoxy) is 1. The van der Waals surface area contributed by atoms with Gasteiger partial charge in [-0.25, -0.2) is 13.2 Å². The molecule has 0 aliphatic heterocycles. The van der Waals surface area contributed by atoms with Crippen LogP contribution >= 0.6 is 0 Å². The predicted molar refractivity (Wildman–Crippen MR) is 122 cm³/mol. The summed E-state index contributed by atoms with van der Waals surface area (Å²) in [6.07, 6.45) is -10.2. The number of rotatable bonds is 7. The first-order chi connectivity index (χ1) is 16.8. The first-order valence-electron chi connectivity index (χ1n) is 9.91. The molecule has 1 atom stereocenters. The first kappa shape index (κ1) is 29.0. The highest BCUT2D eigenvalue weighted by atomic mass is 32.2. The SMILES string of the molecule is C=CC(=O)OC(C(F)(F)F)C(F)(F)S(=O)(=O)[O-].c1ccc([S+](c2ccccc2)c2ccccc2)cc1. The van der Waals surface area contributed by atoms with Gasteiger partial charge in [0.15, 0.2) is 24.8 Å². The Morgan fingerprint density at radius 1 is 0.806 bits per heavy atom. The number of carbonyl (C=O) groups excluding carboxylic acids is 1. The van der Waals surface area contributed by atoms with Crippen molar-refractivity contribution < 1.29 is 44.5 Å². The number of hydrogen-bond acceptors (Lipinski definition) is 5. The monoisotopic (exact) mass is 546 g/mol. The van der Waals surface area contributed by atoms with Crippen LogP contribution in [0.3, 0.4) is 0 Å². The molecule has 3 aromatic carbocycles. The van der Waals surface area contributed by atoms with E-state index in [1.807, 2.05) is 0 Å². The lowest BCUT2D eigenvalue weighted by Gasteiger charge is -2.29. The lowest BCUT2D eigenvalue weighted by atomic mass is 10.3. The number of benzene rings is 3. The summed E-state index contributed by atoms with van der Waals surface area (Å²) in [7, 11) is -6.67. The maximum Gasteiger partial charge on any atom is 0.432 e. The zero-order chi connectivity index (χ0) is 27.0. The highest BCUT2D eigenvalue weighted by molar-refractivity contribution is 7.97. The van der Waals surface area contributed by atoms with E-state index in [4.69, 9.17) is 0 Å². The average molecular weight is 547 g/mol. The lowest BCUT2D eigenvalue weighted by molar-refractivity contribution is -0.257. The third-order valence-corrected chi connectivity index (χ3v) is 7.38. The fourth-order valence-corrected chi connectivity index (χ4v) is 5.25. The van der Waals surface area contributed by atoms with E-state index in [0.29, 0.717) is 0 Å². The highest BCUT2D eigenvalue weighted by Crippen LogP contribution is 2.38. The fraction of sp³-hybridized carbons (Fsp3) is 0.125. The Hall–Kier alpha value is -3.22. The van der Waals surface area contributed by atoms with E-state index in [1.54, 1.807) is 0 Å². The molecule has 0 heterocycles. The van der Waals surface area contributed by atoms with E-state index in [2.05, 4.69) is 102 Å². The summed E-state index contributed by atoms with van der Waals surface area (Å²) in [5.74, 6) is -1.95. The van der Waals surface area contributed by atoms with E-state index in [9.17, 15) is 39.7 Å². The summed E-state index contributed by atoms with van der Waals surface area (Å²) in [5, 5.41) is -5.83. The van der Waals surface area contributed by atoms with Crippen molar-refractivity contribution >= 4 is 27.0 Å². The van der Waals surface area contributed by atoms with Crippen molar-refractivity contribution in [3.63, 3.8) is 0 Å². The minimum atomic E-state index is -6.65. The van der Waals surface area contributed by atoms with Gasteiger partial charge in [-0.3, -0.25) is 0 Å². The van der Waals surface area contributed by atoms with Crippen LogP contribution in [0.1, 0.15) is 0 Å². The van der Waals surface area contributed by atoms with Crippen molar-refractivity contribution in [2.45, 2.75) is 32.2 Å². The maximum atomic E-state index is 12.7. The van der Waals surface area contributed by atoms with Gasteiger partial charge < -0.3 is 9.29 Å². The van der Waals surface area contributed by atoms with Crippen molar-refractivity contribution in [2.24, 2.45) is 0 Å². The smallest absolute Gasteiger partial charge is 0.432 e. The van der Waals surface area contributed by atoms with Gasteiger partial charge in [0.05, 0.1) is 10.9 Å². The second-order valence-electron chi connectivity index (χ2n) is 6.82. The largest absolute Gasteiger partial charge is 0.743 e. The molecule has 0 N–H and O–H groups in total. The highest BCUT2D eigenvalue weighted by Gasteiger charge is 2.62. The molecule has 1 unspecified atom stereocenters. The molecule has 0 fully saturated rings. The summed E-state index contributed by atoms with van der Waals surface area (Å²) in [4.78, 5) is 14.5. The average Bonchev–Trinajstić information content (AvgIpc) is 2.83. The topological polar surface area (TPSA) is 83.5 Å². The second kappa shape index (κ2) is 12.2. The molecule has 192 valence electrons. The van der Waals surface area contributed by atoms with Crippen LogP contribution in [-0.2, 0) is 30.5 Å². The molecule has 5 nitrogen and oxygen atoms in total. The van der Waals surface area contributed by atoms with Crippen LogP contribution in [0.25, 0.3) is 0 Å². The van der Waals surface area contributed by atoms with Crippen LogP contribution in [0.4, 0.5) is 22.0 Å².